The number of esters is 3. The third-order valence-electron chi connectivity index (χ3n) is 4.73. The van der Waals surface area contributed by atoms with Crippen LogP contribution in [0.5, 0.6) is 0 Å². The quantitative estimate of drug-likeness (QED) is 0.0399. The molecule has 0 aliphatic carbocycles. The fourth-order valence-corrected chi connectivity index (χ4v) is 3.18. The largest absolute Gasteiger partial charge is 0.466 e. The van der Waals surface area contributed by atoms with Gasteiger partial charge in [0.05, 0.1) is 39.1 Å². The summed E-state index contributed by atoms with van der Waals surface area (Å²) >= 11 is 11.8. The summed E-state index contributed by atoms with van der Waals surface area (Å²) in [7, 11) is 0. The Morgan fingerprint density at radius 1 is 0.459 bits per heavy atom. The number of carbonyl (C=O) groups excluding carboxylic acids is 3. The molecule has 0 N–H and O–H groups in total. The normalized spacial score (nSPS) is 9.57. The van der Waals surface area contributed by atoms with Gasteiger partial charge >= 0.3 is 17.9 Å². The van der Waals surface area contributed by atoms with Crippen molar-refractivity contribution in [2.75, 3.05) is 37.1 Å². The third-order valence-corrected chi connectivity index (χ3v) is 5.40. The van der Waals surface area contributed by atoms with Gasteiger partial charge in [-0.3, -0.25) is 14.4 Å². The Bertz CT molecular complexity index is 418. The van der Waals surface area contributed by atoms with E-state index < -0.39 is 0 Å². The topological polar surface area (TPSA) is 78.9 Å². The molecular weight excluding hydrogens is 638 g/mol. The summed E-state index contributed by atoms with van der Waals surface area (Å²) in [5.74, 6) is 1.36. The van der Waals surface area contributed by atoms with Crippen LogP contribution in [0.15, 0.2) is 0 Å². The molecule has 0 fully saturated rings. The molecule has 3 radical (unpaired) electrons. The molecule has 0 aliphatic heterocycles. The molecule has 0 saturated heterocycles. The summed E-state index contributed by atoms with van der Waals surface area (Å²) in [4.78, 5) is 32.4. The zero-order chi connectivity index (χ0) is 27.7. The molecule has 0 bridgehead atoms. The smallest absolute Gasteiger partial charge is 0.306 e. The number of carbonyl (C=O) groups is 3. The van der Waals surface area contributed by atoms with Crippen LogP contribution in [-0.4, -0.2) is 79.4 Å². The standard InChI is InChI=1S/3C9H18O2S.Sb/c3*1-2-3-4-5-7-11-9(10)6-8-12;/h3*12H,2-8H2,1H3;. The van der Waals surface area contributed by atoms with Crippen LogP contribution in [0.1, 0.15) is 117 Å². The van der Waals surface area contributed by atoms with Crippen LogP contribution in [-0.2, 0) is 28.6 Å². The first-order valence-electron chi connectivity index (χ1n) is 13.7. The van der Waals surface area contributed by atoms with Crippen LogP contribution < -0.4 is 0 Å². The van der Waals surface area contributed by atoms with E-state index in [-0.39, 0.29) is 42.3 Å². The maximum absolute atomic E-state index is 10.8. The van der Waals surface area contributed by atoms with E-state index in [0.29, 0.717) is 56.3 Å². The van der Waals surface area contributed by atoms with Gasteiger partial charge in [0.15, 0.2) is 0 Å². The average molecular weight is 693 g/mol. The summed E-state index contributed by atoms with van der Waals surface area (Å²) in [6, 6.07) is 0. The summed E-state index contributed by atoms with van der Waals surface area (Å²) in [5, 5.41) is 0. The maximum Gasteiger partial charge on any atom is 0.306 e. The molecule has 0 saturated carbocycles. The second-order valence-corrected chi connectivity index (χ2v) is 9.61. The van der Waals surface area contributed by atoms with Crippen molar-refractivity contribution >= 4 is 80.2 Å². The molecule has 0 spiro atoms. The van der Waals surface area contributed by atoms with Crippen molar-refractivity contribution in [1.82, 2.24) is 0 Å². The number of hydrogen-bond donors (Lipinski definition) is 3. The Hall–Kier alpha value is 0.278. The first kappa shape index (κ1) is 44.3. The molecular formula is C27H54O6S3Sb. The molecule has 221 valence electrons. The van der Waals surface area contributed by atoms with Crippen molar-refractivity contribution in [2.24, 2.45) is 0 Å². The zero-order valence-electron chi connectivity index (χ0n) is 23.6. The monoisotopic (exact) mass is 691 g/mol. The molecule has 0 aromatic carbocycles. The first-order valence-corrected chi connectivity index (χ1v) is 15.6. The van der Waals surface area contributed by atoms with Crippen molar-refractivity contribution in [3.05, 3.63) is 0 Å². The number of ether oxygens (including phenoxy) is 3. The molecule has 0 atom stereocenters. The van der Waals surface area contributed by atoms with E-state index in [1.54, 1.807) is 0 Å². The van der Waals surface area contributed by atoms with Gasteiger partial charge < -0.3 is 14.2 Å². The van der Waals surface area contributed by atoms with Crippen molar-refractivity contribution in [3.8, 4) is 0 Å². The van der Waals surface area contributed by atoms with Crippen LogP contribution in [0.4, 0.5) is 0 Å². The van der Waals surface area contributed by atoms with Gasteiger partial charge in [-0.15, -0.1) is 0 Å². The number of hydrogen-bond acceptors (Lipinski definition) is 9. The molecule has 0 rings (SSSR count). The number of thiol groups is 3. The van der Waals surface area contributed by atoms with Crippen molar-refractivity contribution < 1.29 is 28.6 Å². The van der Waals surface area contributed by atoms with Gasteiger partial charge in [-0.1, -0.05) is 78.6 Å². The molecule has 0 amide bonds. The second-order valence-electron chi connectivity index (χ2n) is 8.26. The third kappa shape index (κ3) is 46.5. The Balaban J connectivity index is -0.000000218. The van der Waals surface area contributed by atoms with Gasteiger partial charge in [-0.2, -0.15) is 37.9 Å². The van der Waals surface area contributed by atoms with Crippen molar-refractivity contribution in [3.63, 3.8) is 0 Å². The average Bonchev–Trinajstić information content (AvgIpc) is 2.85. The molecule has 0 aliphatic rings. The predicted octanol–water partition coefficient (Wildman–Crippen LogP) is 6.91. The fourth-order valence-electron chi connectivity index (χ4n) is 2.63. The minimum absolute atomic E-state index is 0. The summed E-state index contributed by atoms with van der Waals surface area (Å²) in [6.45, 7) is 8.21. The van der Waals surface area contributed by atoms with Crippen LogP contribution in [0.3, 0.4) is 0 Å². The van der Waals surface area contributed by atoms with Gasteiger partial charge in [0, 0.05) is 41.7 Å². The van der Waals surface area contributed by atoms with E-state index >= 15 is 0 Å². The van der Waals surface area contributed by atoms with Crippen LogP contribution in [0.2, 0.25) is 0 Å². The van der Waals surface area contributed by atoms with Gasteiger partial charge in [0.25, 0.3) is 0 Å². The minimum atomic E-state index is -0.124. The van der Waals surface area contributed by atoms with Crippen molar-refractivity contribution in [2.45, 2.75) is 117 Å². The number of rotatable bonds is 21. The van der Waals surface area contributed by atoms with Crippen LogP contribution in [0.25, 0.3) is 0 Å². The fraction of sp³-hybridized carbons (Fsp3) is 0.889. The molecule has 10 heteroatoms. The van der Waals surface area contributed by atoms with E-state index in [2.05, 4.69) is 58.7 Å². The number of unbranched alkanes of at least 4 members (excludes halogenated alkanes) is 9. The van der Waals surface area contributed by atoms with Gasteiger partial charge in [-0.05, 0) is 19.3 Å². The van der Waals surface area contributed by atoms with Gasteiger partial charge in [0.1, 0.15) is 0 Å². The van der Waals surface area contributed by atoms with E-state index in [1.165, 1.54) is 38.5 Å². The molecule has 0 aromatic rings. The molecule has 0 aromatic heterocycles. The molecule has 0 unspecified atom stereocenters. The maximum atomic E-state index is 10.8. The SMILES string of the molecule is CCCCCCOC(=O)CCS.CCCCCCOC(=O)CCS.CCCCCCOC(=O)CCS.[Sb]. The zero-order valence-corrected chi connectivity index (χ0v) is 28.8. The van der Waals surface area contributed by atoms with E-state index in [1.807, 2.05) is 0 Å². The van der Waals surface area contributed by atoms with Crippen molar-refractivity contribution in [1.29, 1.82) is 0 Å². The molecule has 0 heterocycles. The predicted molar refractivity (Wildman–Crippen MR) is 166 cm³/mol. The van der Waals surface area contributed by atoms with E-state index in [9.17, 15) is 14.4 Å². The Morgan fingerprint density at radius 3 is 0.892 bits per heavy atom. The summed E-state index contributed by atoms with van der Waals surface area (Å²) in [6.07, 6.45) is 15.0. The molecule has 37 heavy (non-hydrogen) atoms. The van der Waals surface area contributed by atoms with E-state index in [0.717, 1.165) is 38.5 Å². The Labute approximate surface area is 261 Å². The van der Waals surface area contributed by atoms with Gasteiger partial charge in [-0.25, -0.2) is 0 Å². The first-order chi connectivity index (χ1) is 17.4. The molecule has 6 nitrogen and oxygen atoms in total. The Morgan fingerprint density at radius 2 is 0.703 bits per heavy atom. The van der Waals surface area contributed by atoms with E-state index in [4.69, 9.17) is 14.2 Å². The van der Waals surface area contributed by atoms with Crippen LogP contribution in [0, 0.1) is 0 Å². The van der Waals surface area contributed by atoms with Crippen LogP contribution >= 0.6 is 37.9 Å². The summed E-state index contributed by atoms with van der Waals surface area (Å²) in [5.41, 5.74) is 0. The Kier molecular flexibility index (Phi) is 48.8. The van der Waals surface area contributed by atoms with Gasteiger partial charge in [0.2, 0.25) is 0 Å². The summed E-state index contributed by atoms with van der Waals surface area (Å²) < 4.78 is 14.8. The minimum Gasteiger partial charge on any atom is -0.466 e. The second kappa shape index (κ2) is 40.8.